The maximum Gasteiger partial charge on any atom is 0.0424 e. The molecule has 1 nitrogen and oxygen atoms in total. The maximum atomic E-state index is 3.57. The Bertz CT molecular complexity index is 527. The Labute approximate surface area is 116 Å². The summed E-state index contributed by atoms with van der Waals surface area (Å²) in [5, 5.41) is 3.57. The van der Waals surface area contributed by atoms with E-state index in [1.165, 1.54) is 22.4 Å². The van der Waals surface area contributed by atoms with Gasteiger partial charge in [0.1, 0.15) is 0 Å². The summed E-state index contributed by atoms with van der Waals surface area (Å²) < 4.78 is 0. The lowest BCUT2D eigenvalue weighted by molar-refractivity contribution is 0.862. The fraction of sp³-hybridized carbons (Fsp3) is 0.333. The highest BCUT2D eigenvalue weighted by Crippen LogP contribution is 2.31. The molecular formula is C18H23N. The molecular weight excluding hydrogens is 230 g/mol. The monoisotopic (exact) mass is 253 g/mol. The molecule has 0 saturated carbocycles. The van der Waals surface area contributed by atoms with E-state index < -0.39 is 0 Å². The normalized spacial score (nSPS) is 11.1. The highest BCUT2D eigenvalue weighted by atomic mass is 14.9. The molecule has 1 N–H and O–H groups in total. The molecule has 0 bridgehead atoms. The molecule has 0 saturated heterocycles. The molecule has 0 heterocycles. The molecule has 100 valence electrons. The Morgan fingerprint density at radius 1 is 0.842 bits per heavy atom. The molecule has 0 aliphatic carbocycles. The van der Waals surface area contributed by atoms with Crippen LogP contribution in [0.3, 0.4) is 0 Å². The SMILES string of the molecule is CC(C)Nc1cc(C(C)C)ccc1-c1ccccc1. The van der Waals surface area contributed by atoms with E-state index in [0.29, 0.717) is 12.0 Å². The Morgan fingerprint density at radius 3 is 2.11 bits per heavy atom. The third kappa shape index (κ3) is 3.37. The van der Waals surface area contributed by atoms with Crippen molar-refractivity contribution < 1.29 is 0 Å². The Hall–Kier alpha value is -1.76. The summed E-state index contributed by atoms with van der Waals surface area (Å²) in [6.07, 6.45) is 0. The van der Waals surface area contributed by atoms with Gasteiger partial charge in [0.15, 0.2) is 0 Å². The number of hydrogen-bond donors (Lipinski definition) is 1. The first-order valence-corrected chi connectivity index (χ1v) is 7.04. The fourth-order valence-electron chi connectivity index (χ4n) is 2.22. The molecule has 1 heteroatoms. The Kier molecular flexibility index (Phi) is 4.26. The van der Waals surface area contributed by atoms with E-state index in [0.717, 1.165) is 0 Å². The summed E-state index contributed by atoms with van der Waals surface area (Å²) in [5.74, 6) is 0.553. The van der Waals surface area contributed by atoms with Crippen LogP contribution in [0.1, 0.15) is 39.2 Å². The number of benzene rings is 2. The van der Waals surface area contributed by atoms with Crippen LogP contribution in [-0.2, 0) is 0 Å². The average molecular weight is 253 g/mol. The highest BCUT2D eigenvalue weighted by molar-refractivity contribution is 5.78. The second-order valence-electron chi connectivity index (χ2n) is 5.62. The van der Waals surface area contributed by atoms with Crippen LogP contribution >= 0.6 is 0 Å². The second-order valence-corrected chi connectivity index (χ2v) is 5.62. The van der Waals surface area contributed by atoms with Gasteiger partial charge in [-0.2, -0.15) is 0 Å². The van der Waals surface area contributed by atoms with Gasteiger partial charge in [0.2, 0.25) is 0 Å². The molecule has 0 atom stereocenters. The fourth-order valence-corrected chi connectivity index (χ4v) is 2.22. The van der Waals surface area contributed by atoms with E-state index in [-0.39, 0.29) is 0 Å². The molecule has 2 aromatic carbocycles. The third-order valence-corrected chi connectivity index (χ3v) is 3.24. The zero-order valence-corrected chi connectivity index (χ0v) is 12.3. The van der Waals surface area contributed by atoms with E-state index >= 15 is 0 Å². The van der Waals surface area contributed by atoms with Crippen LogP contribution < -0.4 is 5.32 Å². The number of anilines is 1. The summed E-state index contributed by atoms with van der Waals surface area (Å²) in [6.45, 7) is 8.82. The van der Waals surface area contributed by atoms with Gasteiger partial charge in [0.05, 0.1) is 0 Å². The molecule has 0 aromatic heterocycles. The summed E-state index contributed by atoms with van der Waals surface area (Å²) >= 11 is 0. The summed E-state index contributed by atoms with van der Waals surface area (Å²) in [7, 11) is 0. The summed E-state index contributed by atoms with van der Waals surface area (Å²) in [5.41, 5.74) is 5.15. The molecule has 2 aromatic rings. The van der Waals surface area contributed by atoms with Crippen LogP contribution in [0.2, 0.25) is 0 Å². The van der Waals surface area contributed by atoms with Crippen molar-refractivity contribution in [2.75, 3.05) is 5.32 Å². The van der Waals surface area contributed by atoms with Gasteiger partial charge in [-0.15, -0.1) is 0 Å². The van der Waals surface area contributed by atoms with Crippen LogP contribution in [0.4, 0.5) is 5.69 Å². The topological polar surface area (TPSA) is 12.0 Å². The third-order valence-electron chi connectivity index (χ3n) is 3.24. The van der Waals surface area contributed by atoms with E-state index in [9.17, 15) is 0 Å². The molecule has 0 unspecified atom stereocenters. The largest absolute Gasteiger partial charge is 0.382 e. The first-order valence-electron chi connectivity index (χ1n) is 7.04. The van der Waals surface area contributed by atoms with E-state index in [2.05, 4.69) is 81.5 Å². The summed E-state index contributed by atoms with van der Waals surface area (Å²) in [6, 6.07) is 17.7. The van der Waals surface area contributed by atoms with Gasteiger partial charge >= 0.3 is 0 Å². The van der Waals surface area contributed by atoms with Gasteiger partial charge in [0.25, 0.3) is 0 Å². The van der Waals surface area contributed by atoms with Crippen molar-refractivity contribution in [3.8, 4) is 11.1 Å². The predicted octanol–water partition coefficient (Wildman–Crippen LogP) is 5.30. The van der Waals surface area contributed by atoms with Gasteiger partial charge in [-0.3, -0.25) is 0 Å². The molecule has 2 rings (SSSR count). The van der Waals surface area contributed by atoms with Crippen molar-refractivity contribution in [2.24, 2.45) is 0 Å². The Balaban J connectivity index is 2.48. The van der Waals surface area contributed by atoms with Crippen LogP contribution in [0.15, 0.2) is 48.5 Å². The first-order chi connectivity index (χ1) is 9.08. The number of hydrogen-bond acceptors (Lipinski definition) is 1. The van der Waals surface area contributed by atoms with Crippen molar-refractivity contribution in [3.63, 3.8) is 0 Å². The Morgan fingerprint density at radius 2 is 1.53 bits per heavy atom. The molecule has 0 radical (unpaired) electrons. The smallest absolute Gasteiger partial charge is 0.0424 e. The minimum absolute atomic E-state index is 0.435. The second kappa shape index (κ2) is 5.92. The highest BCUT2D eigenvalue weighted by Gasteiger charge is 2.08. The zero-order chi connectivity index (χ0) is 13.8. The van der Waals surface area contributed by atoms with Gasteiger partial charge in [-0.1, -0.05) is 56.3 Å². The average Bonchev–Trinajstić information content (AvgIpc) is 2.39. The molecule has 0 amide bonds. The van der Waals surface area contributed by atoms with Crippen molar-refractivity contribution in [2.45, 2.75) is 39.7 Å². The van der Waals surface area contributed by atoms with E-state index in [1.807, 2.05) is 0 Å². The minimum atomic E-state index is 0.435. The van der Waals surface area contributed by atoms with E-state index in [4.69, 9.17) is 0 Å². The lowest BCUT2D eigenvalue weighted by Gasteiger charge is -2.17. The molecule has 0 spiro atoms. The van der Waals surface area contributed by atoms with Crippen molar-refractivity contribution >= 4 is 5.69 Å². The van der Waals surface area contributed by atoms with Gasteiger partial charge in [0, 0.05) is 17.3 Å². The van der Waals surface area contributed by atoms with Crippen molar-refractivity contribution in [1.82, 2.24) is 0 Å². The maximum absolute atomic E-state index is 3.57. The number of rotatable bonds is 4. The zero-order valence-electron chi connectivity index (χ0n) is 12.3. The van der Waals surface area contributed by atoms with Crippen molar-refractivity contribution in [3.05, 3.63) is 54.1 Å². The standard InChI is InChI=1S/C18H23N/c1-13(2)16-10-11-17(15-8-6-5-7-9-15)18(12-16)19-14(3)4/h5-14,19H,1-4H3. The van der Waals surface area contributed by atoms with Crippen LogP contribution in [0, 0.1) is 0 Å². The first kappa shape index (κ1) is 13.7. The van der Waals surface area contributed by atoms with Crippen LogP contribution in [0.5, 0.6) is 0 Å². The summed E-state index contributed by atoms with van der Waals surface area (Å²) in [4.78, 5) is 0. The van der Waals surface area contributed by atoms with Crippen LogP contribution in [-0.4, -0.2) is 6.04 Å². The molecule has 19 heavy (non-hydrogen) atoms. The van der Waals surface area contributed by atoms with E-state index in [1.54, 1.807) is 0 Å². The molecule has 0 fully saturated rings. The predicted molar refractivity (Wildman–Crippen MR) is 84.7 cm³/mol. The van der Waals surface area contributed by atoms with Gasteiger partial charge < -0.3 is 5.32 Å². The van der Waals surface area contributed by atoms with Gasteiger partial charge in [-0.05, 0) is 37.0 Å². The lowest BCUT2D eigenvalue weighted by Crippen LogP contribution is -2.11. The minimum Gasteiger partial charge on any atom is -0.382 e. The molecule has 0 aliphatic heterocycles. The van der Waals surface area contributed by atoms with Crippen molar-refractivity contribution in [1.29, 1.82) is 0 Å². The van der Waals surface area contributed by atoms with Crippen LogP contribution in [0.25, 0.3) is 11.1 Å². The molecule has 0 aliphatic rings. The quantitative estimate of drug-likeness (QED) is 0.780. The van der Waals surface area contributed by atoms with Gasteiger partial charge in [-0.25, -0.2) is 0 Å². The lowest BCUT2D eigenvalue weighted by atomic mass is 9.96. The number of nitrogens with one attached hydrogen (secondary N) is 1.